The van der Waals surface area contributed by atoms with E-state index < -0.39 is 0 Å². The largest absolute Gasteiger partial charge is 0.493 e. The number of nitrogens with zero attached hydrogens (tertiary/aromatic N) is 4. The van der Waals surface area contributed by atoms with Crippen LogP contribution in [-0.2, 0) is 13.1 Å². The topological polar surface area (TPSA) is 64.4 Å². The first kappa shape index (κ1) is 21.6. The predicted octanol–water partition coefficient (Wildman–Crippen LogP) is 4.26. The van der Waals surface area contributed by atoms with Crippen molar-refractivity contribution in [2.24, 2.45) is 5.92 Å². The Morgan fingerprint density at radius 1 is 1.10 bits per heavy atom. The Kier molecular flexibility index (Phi) is 7.09. The van der Waals surface area contributed by atoms with Crippen molar-refractivity contribution in [1.82, 2.24) is 20.1 Å². The van der Waals surface area contributed by atoms with Gasteiger partial charge >= 0.3 is 0 Å². The predicted molar refractivity (Wildman–Crippen MR) is 125 cm³/mol. The highest BCUT2D eigenvalue weighted by atomic mass is 32.1. The molecule has 166 valence electrons. The molecule has 0 unspecified atom stereocenters. The zero-order valence-corrected chi connectivity index (χ0v) is 19.3. The third-order valence-electron chi connectivity index (χ3n) is 5.66. The second kappa shape index (κ2) is 10.2. The van der Waals surface area contributed by atoms with Gasteiger partial charge in [0.1, 0.15) is 0 Å². The third kappa shape index (κ3) is 5.19. The molecule has 2 aromatic heterocycles. The molecule has 4 rings (SSSR count). The van der Waals surface area contributed by atoms with Gasteiger partial charge in [0.25, 0.3) is 0 Å². The lowest BCUT2D eigenvalue weighted by Gasteiger charge is -2.29. The molecule has 7 nitrogen and oxygen atoms in total. The number of rotatable bonds is 9. The van der Waals surface area contributed by atoms with E-state index in [1.54, 1.807) is 18.4 Å². The van der Waals surface area contributed by atoms with Gasteiger partial charge in [-0.15, -0.1) is 10.2 Å². The van der Waals surface area contributed by atoms with Crippen LogP contribution in [0.3, 0.4) is 0 Å². The van der Waals surface area contributed by atoms with E-state index in [4.69, 9.17) is 9.47 Å². The van der Waals surface area contributed by atoms with Crippen molar-refractivity contribution in [2.45, 2.75) is 39.8 Å². The average Bonchev–Trinajstić information content (AvgIpc) is 3.45. The van der Waals surface area contributed by atoms with E-state index in [2.05, 4.69) is 56.3 Å². The molecule has 1 aromatic carbocycles. The number of aromatic nitrogens is 3. The fourth-order valence-electron chi connectivity index (χ4n) is 3.81. The van der Waals surface area contributed by atoms with Gasteiger partial charge in [-0.25, -0.2) is 0 Å². The van der Waals surface area contributed by atoms with Crippen LogP contribution < -0.4 is 19.7 Å². The SMILES string of the molecule is CCOc1ccc(CNCc2cccn2-c2nnc(N3CCC(C)CC3)s2)cc1OC. The average molecular weight is 442 g/mol. The van der Waals surface area contributed by atoms with E-state index in [-0.39, 0.29) is 0 Å². The Balaban J connectivity index is 1.37. The summed E-state index contributed by atoms with van der Waals surface area (Å²) < 4.78 is 13.2. The molecule has 0 radical (unpaired) electrons. The Labute approximate surface area is 188 Å². The monoisotopic (exact) mass is 441 g/mol. The summed E-state index contributed by atoms with van der Waals surface area (Å²) in [6.45, 7) is 8.53. The van der Waals surface area contributed by atoms with Crippen LogP contribution in [0, 0.1) is 5.92 Å². The number of hydrogen-bond donors (Lipinski definition) is 1. The van der Waals surface area contributed by atoms with Gasteiger partial charge in [0, 0.05) is 38.1 Å². The molecule has 0 spiro atoms. The molecule has 31 heavy (non-hydrogen) atoms. The van der Waals surface area contributed by atoms with Crippen LogP contribution in [-0.4, -0.2) is 41.6 Å². The van der Waals surface area contributed by atoms with Crippen molar-refractivity contribution in [3.63, 3.8) is 0 Å². The van der Waals surface area contributed by atoms with Crippen LogP contribution in [0.1, 0.15) is 37.9 Å². The number of piperidine rings is 1. The summed E-state index contributed by atoms with van der Waals surface area (Å²) in [5.74, 6) is 2.34. The van der Waals surface area contributed by atoms with Crippen molar-refractivity contribution in [1.29, 1.82) is 0 Å². The van der Waals surface area contributed by atoms with Gasteiger partial charge in [0.15, 0.2) is 11.5 Å². The van der Waals surface area contributed by atoms with Gasteiger partial charge in [-0.2, -0.15) is 0 Å². The lowest BCUT2D eigenvalue weighted by atomic mass is 10.00. The fourth-order valence-corrected chi connectivity index (χ4v) is 4.73. The molecule has 1 aliphatic rings. The number of benzene rings is 1. The van der Waals surface area contributed by atoms with Gasteiger partial charge in [0.2, 0.25) is 10.3 Å². The third-order valence-corrected chi connectivity index (χ3v) is 6.64. The zero-order chi connectivity index (χ0) is 21.6. The van der Waals surface area contributed by atoms with E-state index >= 15 is 0 Å². The summed E-state index contributed by atoms with van der Waals surface area (Å²) in [6, 6.07) is 10.2. The van der Waals surface area contributed by atoms with E-state index in [1.165, 1.54) is 12.8 Å². The summed E-state index contributed by atoms with van der Waals surface area (Å²) in [5, 5.41) is 14.4. The standard InChI is InChI=1S/C23H31N5O2S/c1-4-30-20-8-7-18(14-21(20)29-3)15-24-16-19-6-5-11-28(19)23-26-25-22(31-23)27-12-9-17(2)10-13-27/h5-8,11,14,17,24H,4,9-10,12-13,15-16H2,1-3H3. The zero-order valence-electron chi connectivity index (χ0n) is 18.5. The molecular formula is C23H31N5O2S. The summed E-state index contributed by atoms with van der Waals surface area (Å²) in [5.41, 5.74) is 2.31. The van der Waals surface area contributed by atoms with Crippen LogP contribution in [0.15, 0.2) is 36.5 Å². The van der Waals surface area contributed by atoms with Crippen LogP contribution in [0.2, 0.25) is 0 Å². The Hall–Kier alpha value is -2.58. The molecule has 0 bridgehead atoms. The number of anilines is 1. The quantitative estimate of drug-likeness (QED) is 0.535. The maximum Gasteiger partial charge on any atom is 0.218 e. The van der Waals surface area contributed by atoms with Crippen LogP contribution in [0.25, 0.3) is 5.13 Å². The highest BCUT2D eigenvalue weighted by Gasteiger charge is 2.20. The molecule has 0 aliphatic carbocycles. The molecule has 1 aliphatic heterocycles. The minimum atomic E-state index is 0.620. The number of hydrogen-bond acceptors (Lipinski definition) is 7. The second-order valence-electron chi connectivity index (χ2n) is 7.93. The van der Waals surface area contributed by atoms with Crippen LogP contribution in [0.5, 0.6) is 11.5 Å². The van der Waals surface area contributed by atoms with Crippen molar-refractivity contribution in [3.05, 3.63) is 47.8 Å². The molecule has 8 heteroatoms. The second-order valence-corrected chi connectivity index (χ2v) is 8.86. The van der Waals surface area contributed by atoms with Crippen molar-refractivity contribution >= 4 is 16.5 Å². The molecule has 1 N–H and O–H groups in total. The molecule has 1 saturated heterocycles. The molecule has 3 heterocycles. The number of ether oxygens (including phenoxy) is 2. The van der Waals surface area contributed by atoms with Gasteiger partial charge in [0.05, 0.1) is 13.7 Å². The van der Waals surface area contributed by atoms with E-state index in [0.29, 0.717) is 6.61 Å². The normalized spacial score (nSPS) is 14.7. The maximum absolute atomic E-state index is 5.60. The fraction of sp³-hybridized carbons (Fsp3) is 0.478. The van der Waals surface area contributed by atoms with Gasteiger partial charge in [-0.05, 0) is 55.5 Å². The van der Waals surface area contributed by atoms with Crippen LogP contribution >= 0.6 is 11.3 Å². The molecule has 0 atom stereocenters. The Morgan fingerprint density at radius 2 is 1.90 bits per heavy atom. The lowest BCUT2D eigenvalue weighted by molar-refractivity contribution is 0.310. The molecule has 3 aromatic rings. The Morgan fingerprint density at radius 3 is 2.68 bits per heavy atom. The minimum absolute atomic E-state index is 0.620. The first-order chi connectivity index (χ1) is 15.2. The first-order valence-electron chi connectivity index (χ1n) is 10.9. The molecule has 0 saturated carbocycles. The van der Waals surface area contributed by atoms with Crippen molar-refractivity contribution < 1.29 is 9.47 Å². The maximum atomic E-state index is 5.60. The highest BCUT2D eigenvalue weighted by Crippen LogP contribution is 2.29. The summed E-state index contributed by atoms with van der Waals surface area (Å²) >= 11 is 1.66. The smallest absolute Gasteiger partial charge is 0.218 e. The Bertz CT molecular complexity index is 978. The summed E-state index contributed by atoms with van der Waals surface area (Å²) in [4.78, 5) is 2.36. The van der Waals surface area contributed by atoms with Gasteiger partial charge in [-0.3, -0.25) is 4.57 Å². The van der Waals surface area contributed by atoms with Gasteiger partial charge < -0.3 is 19.7 Å². The van der Waals surface area contributed by atoms with E-state index in [1.807, 2.05) is 19.1 Å². The van der Waals surface area contributed by atoms with Crippen molar-refractivity contribution in [3.8, 4) is 16.6 Å². The van der Waals surface area contributed by atoms with Crippen molar-refractivity contribution in [2.75, 3.05) is 31.7 Å². The number of methoxy groups -OCH3 is 1. The minimum Gasteiger partial charge on any atom is -0.493 e. The van der Waals surface area contributed by atoms with E-state index in [0.717, 1.165) is 65.1 Å². The molecular weight excluding hydrogens is 410 g/mol. The molecule has 1 fully saturated rings. The highest BCUT2D eigenvalue weighted by molar-refractivity contribution is 7.17. The number of nitrogens with one attached hydrogen (secondary N) is 1. The summed E-state index contributed by atoms with van der Waals surface area (Å²) in [6.07, 6.45) is 4.51. The van der Waals surface area contributed by atoms with Crippen LogP contribution in [0.4, 0.5) is 5.13 Å². The van der Waals surface area contributed by atoms with Gasteiger partial charge in [-0.1, -0.05) is 24.3 Å². The van der Waals surface area contributed by atoms with E-state index in [9.17, 15) is 0 Å². The summed E-state index contributed by atoms with van der Waals surface area (Å²) in [7, 11) is 1.67. The lowest BCUT2D eigenvalue weighted by Crippen LogP contribution is -2.32. The first-order valence-corrected chi connectivity index (χ1v) is 11.7. The molecule has 0 amide bonds.